The molecule has 1 aromatic heterocycles. The number of halogens is 1. The molecule has 0 saturated carbocycles. The Labute approximate surface area is 79.6 Å². The molecule has 2 nitrogen and oxygen atoms in total. The lowest BCUT2D eigenvalue weighted by atomic mass is 9.88. The number of nitrogens with zero attached hydrogens (tertiary/aromatic N) is 1. The summed E-state index contributed by atoms with van der Waals surface area (Å²) in [6, 6.07) is 1.97. The van der Waals surface area contributed by atoms with Crippen LogP contribution in [-0.2, 0) is 5.41 Å². The second-order valence-corrected chi connectivity index (χ2v) is 3.76. The average Bonchev–Trinajstić information content (AvgIpc) is 1.86. The molecule has 0 aromatic carbocycles. The molecule has 0 bridgehead atoms. The second kappa shape index (κ2) is 3.76. The van der Waals surface area contributed by atoms with E-state index in [1.54, 1.807) is 6.20 Å². The number of nitrogens with two attached hydrogens (primary N) is 1. The molecule has 0 aliphatic carbocycles. The Morgan fingerprint density at radius 1 is 1.25 bits per heavy atom. The summed E-state index contributed by atoms with van der Waals surface area (Å²) < 4.78 is 0. The SMILES string of the molecule is CC(C)(C)c1cncc(N)c1.Cl. The molecule has 1 heterocycles. The minimum atomic E-state index is 0. The third kappa shape index (κ3) is 2.70. The molecule has 0 radical (unpaired) electrons. The number of aromatic nitrogens is 1. The van der Waals surface area contributed by atoms with E-state index in [1.807, 2.05) is 12.3 Å². The molecule has 1 aromatic rings. The van der Waals surface area contributed by atoms with Crippen LogP contribution in [-0.4, -0.2) is 4.98 Å². The normalized spacial score (nSPS) is 10.6. The van der Waals surface area contributed by atoms with E-state index in [1.165, 1.54) is 5.56 Å². The molecule has 3 heteroatoms. The van der Waals surface area contributed by atoms with Gasteiger partial charge in [-0.05, 0) is 17.0 Å². The van der Waals surface area contributed by atoms with Crippen molar-refractivity contribution in [2.75, 3.05) is 5.73 Å². The van der Waals surface area contributed by atoms with E-state index < -0.39 is 0 Å². The minimum Gasteiger partial charge on any atom is -0.397 e. The van der Waals surface area contributed by atoms with Crippen molar-refractivity contribution in [1.29, 1.82) is 0 Å². The van der Waals surface area contributed by atoms with E-state index in [9.17, 15) is 0 Å². The van der Waals surface area contributed by atoms with Crippen LogP contribution >= 0.6 is 12.4 Å². The highest BCUT2D eigenvalue weighted by atomic mass is 35.5. The molecule has 0 aliphatic rings. The first-order valence-electron chi connectivity index (χ1n) is 3.71. The molecule has 0 unspecified atom stereocenters. The molecule has 0 amide bonds. The van der Waals surface area contributed by atoms with Gasteiger partial charge in [-0.2, -0.15) is 0 Å². The lowest BCUT2D eigenvalue weighted by Crippen LogP contribution is -2.11. The molecule has 68 valence electrons. The summed E-state index contributed by atoms with van der Waals surface area (Å²) in [5.41, 5.74) is 7.65. The van der Waals surface area contributed by atoms with Crippen LogP contribution in [0.25, 0.3) is 0 Å². The van der Waals surface area contributed by atoms with Crippen LogP contribution < -0.4 is 5.73 Å². The van der Waals surface area contributed by atoms with Crippen molar-refractivity contribution in [2.45, 2.75) is 26.2 Å². The average molecular weight is 187 g/mol. The van der Waals surface area contributed by atoms with Gasteiger partial charge >= 0.3 is 0 Å². The second-order valence-electron chi connectivity index (χ2n) is 3.76. The monoisotopic (exact) mass is 186 g/mol. The Bertz CT molecular complexity index is 253. The first kappa shape index (κ1) is 11.2. The highest BCUT2D eigenvalue weighted by molar-refractivity contribution is 5.85. The van der Waals surface area contributed by atoms with Crippen LogP contribution in [0.15, 0.2) is 18.5 Å². The van der Waals surface area contributed by atoms with Crippen LogP contribution in [0.5, 0.6) is 0 Å². The fourth-order valence-corrected chi connectivity index (χ4v) is 0.868. The summed E-state index contributed by atoms with van der Waals surface area (Å²) in [6.07, 6.45) is 3.52. The van der Waals surface area contributed by atoms with Crippen molar-refractivity contribution in [3.05, 3.63) is 24.0 Å². The van der Waals surface area contributed by atoms with Crippen LogP contribution in [0.4, 0.5) is 5.69 Å². The highest BCUT2D eigenvalue weighted by Crippen LogP contribution is 2.22. The van der Waals surface area contributed by atoms with Gasteiger partial charge in [0.15, 0.2) is 0 Å². The van der Waals surface area contributed by atoms with Crippen LogP contribution in [0.2, 0.25) is 0 Å². The van der Waals surface area contributed by atoms with Crippen LogP contribution in [0, 0.1) is 0 Å². The zero-order valence-corrected chi connectivity index (χ0v) is 8.48. The van der Waals surface area contributed by atoms with Gasteiger partial charge in [0.2, 0.25) is 0 Å². The van der Waals surface area contributed by atoms with Crippen molar-refractivity contribution in [3.8, 4) is 0 Å². The van der Waals surface area contributed by atoms with Gasteiger partial charge in [0.1, 0.15) is 0 Å². The van der Waals surface area contributed by atoms with E-state index >= 15 is 0 Å². The Morgan fingerprint density at radius 2 is 1.83 bits per heavy atom. The number of anilines is 1. The maximum absolute atomic E-state index is 5.59. The molecule has 2 N–H and O–H groups in total. The molecule has 0 atom stereocenters. The van der Waals surface area contributed by atoms with Crippen molar-refractivity contribution >= 4 is 18.1 Å². The molecular formula is C9H15ClN2. The van der Waals surface area contributed by atoms with E-state index in [2.05, 4.69) is 25.8 Å². The zero-order valence-electron chi connectivity index (χ0n) is 7.66. The molecule has 0 fully saturated rings. The summed E-state index contributed by atoms with van der Waals surface area (Å²) in [4.78, 5) is 4.03. The van der Waals surface area contributed by atoms with Gasteiger partial charge in [0.05, 0.1) is 5.69 Å². The molecule has 1 rings (SSSR count). The fraction of sp³-hybridized carbons (Fsp3) is 0.444. The van der Waals surface area contributed by atoms with E-state index in [0.29, 0.717) is 0 Å². The fourth-order valence-electron chi connectivity index (χ4n) is 0.868. The van der Waals surface area contributed by atoms with Gasteiger partial charge in [0, 0.05) is 12.4 Å². The molecule has 12 heavy (non-hydrogen) atoms. The maximum atomic E-state index is 5.59. The topological polar surface area (TPSA) is 38.9 Å². The highest BCUT2D eigenvalue weighted by Gasteiger charge is 2.13. The van der Waals surface area contributed by atoms with Crippen LogP contribution in [0.1, 0.15) is 26.3 Å². The van der Waals surface area contributed by atoms with E-state index in [0.717, 1.165) is 5.69 Å². The summed E-state index contributed by atoms with van der Waals surface area (Å²) in [5.74, 6) is 0. The smallest absolute Gasteiger partial charge is 0.0503 e. The first-order valence-corrected chi connectivity index (χ1v) is 3.71. The lowest BCUT2D eigenvalue weighted by molar-refractivity contribution is 0.588. The van der Waals surface area contributed by atoms with E-state index in [-0.39, 0.29) is 17.8 Å². The summed E-state index contributed by atoms with van der Waals surface area (Å²) in [6.45, 7) is 6.43. The van der Waals surface area contributed by atoms with Gasteiger partial charge in [-0.25, -0.2) is 0 Å². The van der Waals surface area contributed by atoms with Gasteiger partial charge < -0.3 is 5.73 Å². The number of hydrogen-bond acceptors (Lipinski definition) is 2. The molecular weight excluding hydrogens is 172 g/mol. The maximum Gasteiger partial charge on any atom is 0.0503 e. The third-order valence-electron chi connectivity index (χ3n) is 1.63. The van der Waals surface area contributed by atoms with Crippen molar-refractivity contribution < 1.29 is 0 Å². The first-order chi connectivity index (χ1) is 5.00. The summed E-state index contributed by atoms with van der Waals surface area (Å²) in [5, 5.41) is 0. The van der Waals surface area contributed by atoms with Crippen molar-refractivity contribution in [1.82, 2.24) is 4.98 Å². The largest absolute Gasteiger partial charge is 0.397 e. The number of rotatable bonds is 0. The summed E-state index contributed by atoms with van der Waals surface area (Å²) in [7, 11) is 0. The van der Waals surface area contributed by atoms with Gasteiger partial charge in [0.25, 0.3) is 0 Å². The standard InChI is InChI=1S/C9H14N2.ClH/c1-9(2,3)7-4-8(10)6-11-5-7;/h4-6H,10H2,1-3H3;1H. The Balaban J connectivity index is 0.00000121. The van der Waals surface area contributed by atoms with Crippen LogP contribution in [0.3, 0.4) is 0 Å². The van der Waals surface area contributed by atoms with Gasteiger partial charge in [-0.3, -0.25) is 4.98 Å². The molecule has 0 saturated heterocycles. The Kier molecular flexibility index (Phi) is 3.53. The van der Waals surface area contributed by atoms with Gasteiger partial charge in [-0.15, -0.1) is 12.4 Å². The number of hydrogen-bond donors (Lipinski definition) is 1. The quantitative estimate of drug-likeness (QED) is 0.676. The number of pyridine rings is 1. The predicted octanol–water partition coefficient (Wildman–Crippen LogP) is 2.38. The van der Waals surface area contributed by atoms with Crippen molar-refractivity contribution in [3.63, 3.8) is 0 Å². The van der Waals surface area contributed by atoms with Gasteiger partial charge in [-0.1, -0.05) is 20.8 Å². The zero-order chi connectivity index (χ0) is 8.48. The Morgan fingerprint density at radius 3 is 2.17 bits per heavy atom. The number of nitrogen functional groups attached to an aromatic ring is 1. The third-order valence-corrected chi connectivity index (χ3v) is 1.63. The predicted molar refractivity (Wildman–Crippen MR) is 54.6 cm³/mol. The molecule has 0 spiro atoms. The lowest BCUT2D eigenvalue weighted by Gasteiger charge is -2.18. The molecule has 0 aliphatic heterocycles. The minimum absolute atomic E-state index is 0. The summed E-state index contributed by atoms with van der Waals surface area (Å²) >= 11 is 0. The van der Waals surface area contributed by atoms with Crippen molar-refractivity contribution in [2.24, 2.45) is 0 Å². The Hall–Kier alpha value is -0.760. The van der Waals surface area contributed by atoms with E-state index in [4.69, 9.17) is 5.73 Å².